The van der Waals surface area contributed by atoms with E-state index in [2.05, 4.69) is 15.8 Å². The van der Waals surface area contributed by atoms with E-state index in [4.69, 9.17) is 0 Å². The number of likely N-dealkylation sites (N-methyl/N-ethyl adjacent to an activating group) is 1. The second kappa shape index (κ2) is 6.47. The number of hydrogen-bond donors (Lipinski definition) is 2. The summed E-state index contributed by atoms with van der Waals surface area (Å²) < 4.78 is 0. The highest BCUT2D eigenvalue weighted by Crippen LogP contribution is 2.16. The van der Waals surface area contributed by atoms with Gasteiger partial charge in [0.2, 0.25) is 0 Å². The molecule has 102 valence electrons. The summed E-state index contributed by atoms with van der Waals surface area (Å²) in [5.41, 5.74) is 3.07. The summed E-state index contributed by atoms with van der Waals surface area (Å²) in [6.07, 6.45) is 1.53. The van der Waals surface area contributed by atoms with Gasteiger partial charge in [-0.2, -0.15) is 5.10 Å². The molecule has 0 saturated carbocycles. The molecule has 0 atom stereocenters. The van der Waals surface area contributed by atoms with Crippen molar-refractivity contribution >= 4 is 28.8 Å². The van der Waals surface area contributed by atoms with E-state index in [1.807, 2.05) is 42.5 Å². The molecule has 0 fully saturated rings. The van der Waals surface area contributed by atoms with Crippen molar-refractivity contribution in [2.24, 2.45) is 5.10 Å². The maximum atomic E-state index is 11.3. The fourth-order valence-corrected chi connectivity index (χ4v) is 1.82. The third-order valence-corrected chi connectivity index (χ3v) is 2.74. The zero-order valence-electron chi connectivity index (χ0n) is 11.1. The third kappa shape index (κ3) is 3.20. The van der Waals surface area contributed by atoms with Crippen molar-refractivity contribution in [1.82, 2.24) is 10.7 Å². The Labute approximate surface area is 116 Å². The SMILES string of the molecule is CCNC(=O)C(=O)N/N=C\c1cccc2ccccc12. The number of carbonyl (C=O) groups is 2. The van der Waals surface area contributed by atoms with Gasteiger partial charge in [-0.25, -0.2) is 5.43 Å². The molecule has 5 nitrogen and oxygen atoms in total. The molecular weight excluding hydrogens is 254 g/mol. The van der Waals surface area contributed by atoms with Crippen LogP contribution in [0.2, 0.25) is 0 Å². The van der Waals surface area contributed by atoms with Gasteiger partial charge in [-0.05, 0) is 17.7 Å². The molecule has 0 unspecified atom stereocenters. The van der Waals surface area contributed by atoms with E-state index in [1.165, 1.54) is 6.21 Å². The molecule has 0 aliphatic rings. The van der Waals surface area contributed by atoms with Gasteiger partial charge in [-0.15, -0.1) is 0 Å². The predicted molar refractivity (Wildman–Crippen MR) is 78.4 cm³/mol. The number of carbonyl (C=O) groups excluding carboxylic acids is 2. The van der Waals surface area contributed by atoms with E-state index in [1.54, 1.807) is 6.92 Å². The van der Waals surface area contributed by atoms with Crippen LogP contribution in [-0.2, 0) is 9.59 Å². The molecule has 2 aromatic carbocycles. The highest BCUT2D eigenvalue weighted by atomic mass is 16.2. The number of benzene rings is 2. The monoisotopic (exact) mass is 269 g/mol. The van der Waals surface area contributed by atoms with Crippen molar-refractivity contribution in [1.29, 1.82) is 0 Å². The molecule has 0 aliphatic heterocycles. The topological polar surface area (TPSA) is 70.6 Å². The van der Waals surface area contributed by atoms with Crippen molar-refractivity contribution in [2.45, 2.75) is 6.92 Å². The maximum Gasteiger partial charge on any atom is 0.329 e. The largest absolute Gasteiger partial charge is 0.348 e. The van der Waals surface area contributed by atoms with Crippen molar-refractivity contribution in [3.05, 3.63) is 48.0 Å². The first-order valence-electron chi connectivity index (χ1n) is 6.31. The summed E-state index contributed by atoms with van der Waals surface area (Å²) in [7, 11) is 0. The predicted octanol–water partition coefficient (Wildman–Crippen LogP) is 1.43. The molecule has 0 heterocycles. The van der Waals surface area contributed by atoms with Crippen LogP contribution in [0, 0.1) is 0 Å². The van der Waals surface area contributed by atoms with Crippen LogP contribution in [0.15, 0.2) is 47.6 Å². The van der Waals surface area contributed by atoms with Gasteiger partial charge in [0.05, 0.1) is 6.21 Å². The smallest absolute Gasteiger partial charge is 0.329 e. The van der Waals surface area contributed by atoms with Crippen LogP contribution in [0.25, 0.3) is 10.8 Å². The Hall–Kier alpha value is -2.69. The molecule has 2 amide bonds. The highest BCUT2D eigenvalue weighted by Gasteiger charge is 2.10. The molecule has 0 spiro atoms. The lowest BCUT2D eigenvalue weighted by Gasteiger charge is -2.02. The molecule has 0 aliphatic carbocycles. The van der Waals surface area contributed by atoms with Crippen LogP contribution in [0.3, 0.4) is 0 Å². The van der Waals surface area contributed by atoms with Crippen LogP contribution < -0.4 is 10.7 Å². The summed E-state index contributed by atoms with van der Waals surface area (Å²) >= 11 is 0. The molecule has 2 N–H and O–H groups in total. The average Bonchev–Trinajstić information content (AvgIpc) is 2.47. The summed E-state index contributed by atoms with van der Waals surface area (Å²) in [6.45, 7) is 2.14. The molecule has 0 bridgehead atoms. The molecule has 0 radical (unpaired) electrons. The summed E-state index contributed by atoms with van der Waals surface area (Å²) in [4.78, 5) is 22.6. The van der Waals surface area contributed by atoms with Gasteiger partial charge >= 0.3 is 11.8 Å². The Morgan fingerprint density at radius 3 is 2.65 bits per heavy atom. The molecule has 20 heavy (non-hydrogen) atoms. The summed E-state index contributed by atoms with van der Waals surface area (Å²) in [5.74, 6) is -1.47. The number of nitrogens with zero attached hydrogens (tertiary/aromatic N) is 1. The molecule has 2 aromatic rings. The number of rotatable bonds is 3. The Balaban J connectivity index is 2.11. The minimum Gasteiger partial charge on any atom is -0.348 e. The Bertz CT molecular complexity index is 660. The van der Waals surface area contributed by atoms with Gasteiger partial charge < -0.3 is 5.32 Å². The Morgan fingerprint density at radius 1 is 1.10 bits per heavy atom. The lowest BCUT2D eigenvalue weighted by Crippen LogP contribution is -2.37. The van der Waals surface area contributed by atoms with Crippen molar-refractivity contribution in [2.75, 3.05) is 6.54 Å². The zero-order valence-corrected chi connectivity index (χ0v) is 11.1. The van der Waals surface area contributed by atoms with Gasteiger partial charge in [0.1, 0.15) is 0 Å². The van der Waals surface area contributed by atoms with Crippen LogP contribution >= 0.6 is 0 Å². The van der Waals surface area contributed by atoms with E-state index >= 15 is 0 Å². The lowest BCUT2D eigenvalue weighted by atomic mass is 10.1. The van der Waals surface area contributed by atoms with E-state index in [9.17, 15) is 9.59 Å². The third-order valence-electron chi connectivity index (χ3n) is 2.74. The fourth-order valence-electron chi connectivity index (χ4n) is 1.82. The van der Waals surface area contributed by atoms with Gasteiger partial charge in [-0.1, -0.05) is 42.5 Å². The Kier molecular flexibility index (Phi) is 4.44. The first-order valence-corrected chi connectivity index (χ1v) is 6.31. The van der Waals surface area contributed by atoms with Crippen LogP contribution in [0.4, 0.5) is 0 Å². The minimum absolute atomic E-state index is 0.402. The van der Waals surface area contributed by atoms with Crippen molar-refractivity contribution in [3.8, 4) is 0 Å². The summed E-state index contributed by atoms with van der Waals surface area (Å²) in [5, 5.41) is 8.33. The fraction of sp³-hybridized carbons (Fsp3) is 0.133. The second-order valence-electron chi connectivity index (χ2n) is 4.13. The van der Waals surface area contributed by atoms with Crippen molar-refractivity contribution < 1.29 is 9.59 Å². The number of nitrogens with one attached hydrogen (secondary N) is 2. The van der Waals surface area contributed by atoms with Crippen LogP contribution in [0.1, 0.15) is 12.5 Å². The van der Waals surface area contributed by atoms with E-state index in [-0.39, 0.29) is 0 Å². The molecule has 0 saturated heterocycles. The molecule has 5 heteroatoms. The molecule has 2 rings (SSSR count). The second-order valence-corrected chi connectivity index (χ2v) is 4.13. The van der Waals surface area contributed by atoms with E-state index < -0.39 is 11.8 Å². The number of fused-ring (bicyclic) bond motifs is 1. The van der Waals surface area contributed by atoms with Gasteiger partial charge in [-0.3, -0.25) is 9.59 Å². The normalized spacial score (nSPS) is 10.7. The van der Waals surface area contributed by atoms with Gasteiger partial charge in [0.15, 0.2) is 0 Å². The van der Waals surface area contributed by atoms with Gasteiger partial charge in [0.25, 0.3) is 0 Å². The van der Waals surface area contributed by atoms with E-state index in [0.717, 1.165) is 16.3 Å². The Morgan fingerprint density at radius 2 is 1.85 bits per heavy atom. The average molecular weight is 269 g/mol. The zero-order chi connectivity index (χ0) is 14.4. The quantitative estimate of drug-likeness (QED) is 0.502. The number of amides is 2. The van der Waals surface area contributed by atoms with E-state index in [0.29, 0.717) is 6.54 Å². The highest BCUT2D eigenvalue weighted by molar-refractivity contribution is 6.35. The molecule has 0 aromatic heterocycles. The number of hydrogen-bond acceptors (Lipinski definition) is 3. The van der Waals surface area contributed by atoms with Crippen LogP contribution in [-0.4, -0.2) is 24.6 Å². The van der Waals surface area contributed by atoms with Crippen LogP contribution in [0.5, 0.6) is 0 Å². The van der Waals surface area contributed by atoms with Gasteiger partial charge in [0, 0.05) is 12.1 Å². The lowest BCUT2D eigenvalue weighted by molar-refractivity contribution is -0.139. The first kappa shape index (κ1) is 13.7. The minimum atomic E-state index is -0.775. The van der Waals surface area contributed by atoms with Crippen molar-refractivity contribution in [3.63, 3.8) is 0 Å². The maximum absolute atomic E-state index is 11.3. The molecular formula is C15H15N3O2. The first-order chi connectivity index (χ1) is 9.72. The number of hydrazone groups is 1. The standard InChI is InChI=1S/C15H15N3O2/c1-2-16-14(19)15(20)18-17-10-12-8-5-7-11-6-3-4-9-13(11)12/h3-10H,2H2,1H3,(H,16,19)(H,18,20)/b17-10-. The summed E-state index contributed by atoms with van der Waals surface area (Å²) in [6, 6.07) is 13.7.